The predicted molar refractivity (Wildman–Crippen MR) is 121 cm³/mol. The Morgan fingerprint density at radius 2 is 1.50 bits per heavy atom. The molecule has 0 aliphatic carbocycles. The van der Waals surface area contributed by atoms with Crippen LogP contribution < -0.4 is 0 Å². The van der Waals surface area contributed by atoms with E-state index in [9.17, 15) is 0 Å². The van der Waals surface area contributed by atoms with Gasteiger partial charge in [-0.25, -0.2) is 0 Å². The molecule has 0 atom stereocenters. The van der Waals surface area contributed by atoms with Crippen molar-refractivity contribution in [3.8, 4) is 11.1 Å². The third-order valence-corrected chi connectivity index (χ3v) is 4.75. The summed E-state index contributed by atoms with van der Waals surface area (Å²) in [5, 5.41) is 1.20. The van der Waals surface area contributed by atoms with E-state index in [0.29, 0.717) is 0 Å². The van der Waals surface area contributed by atoms with Gasteiger partial charge in [0.05, 0.1) is 6.26 Å². The van der Waals surface area contributed by atoms with Crippen LogP contribution in [0.3, 0.4) is 0 Å². The highest BCUT2D eigenvalue weighted by molar-refractivity contribution is 5.85. The minimum atomic E-state index is 0. The molecule has 0 N–H and O–H groups in total. The van der Waals surface area contributed by atoms with Gasteiger partial charge in [-0.1, -0.05) is 84.9 Å². The summed E-state index contributed by atoms with van der Waals surface area (Å²) in [5.74, 6) is 0. The number of para-hydroxylation sites is 1. The Bertz CT molecular complexity index is 1040. The molecule has 3 aromatic carbocycles. The van der Waals surface area contributed by atoms with Gasteiger partial charge in [-0.15, -0.1) is 12.4 Å². The van der Waals surface area contributed by atoms with Crippen LogP contribution >= 0.6 is 12.4 Å². The second-order valence-corrected chi connectivity index (χ2v) is 6.84. The lowest BCUT2D eigenvalue weighted by Gasteiger charge is -2.13. The van der Waals surface area contributed by atoms with E-state index >= 15 is 0 Å². The Labute approximate surface area is 172 Å². The molecule has 28 heavy (non-hydrogen) atoms. The lowest BCUT2D eigenvalue weighted by Crippen LogP contribution is -2.17. The molecule has 142 valence electrons. The van der Waals surface area contributed by atoms with Crippen LogP contribution in [0.5, 0.6) is 0 Å². The second-order valence-electron chi connectivity index (χ2n) is 6.84. The summed E-state index contributed by atoms with van der Waals surface area (Å²) >= 11 is 0. The molecule has 4 rings (SSSR count). The topological polar surface area (TPSA) is 16.4 Å². The average Bonchev–Trinajstić information content (AvgIpc) is 3.12. The van der Waals surface area contributed by atoms with Crippen LogP contribution in [-0.2, 0) is 6.54 Å². The molecule has 0 aliphatic rings. The quantitative estimate of drug-likeness (QED) is 0.366. The molecule has 0 fully saturated rings. The summed E-state index contributed by atoms with van der Waals surface area (Å²) in [5.41, 5.74) is 5.90. The maximum Gasteiger partial charge on any atom is 0.134 e. The van der Waals surface area contributed by atoms with Crippen LogP contribution in [-0.4, -0.2) is 18.5 Å². The molecule has 0 unspecified atom stereocenters. The third-order valence-electron chi connectivity index (χ3n) is 4.75. The number of fused-ring (bicyclic) bond motifs is 1. The largest absolute Gasteiger partial charge is 0.464 e. The molecule has 4 aromatic rings. The summed E-state index contributed by atoms with van der Waals surface area (Å²) in [6.45, 7) is 1.76. The molecule has 1 heterocycles. The number of likely N-dealkylation sites (N-methyl/N-ethyl adjacent to an activating group) is 1. The zero-order valence-electron chi connectivity index (χ0n) is 15.9. The third kappa shape index (κ3) is 4.72. The van der Waals surface area contributed by atoms with E-state index in [1.807, 2.05) is 24.5 Å². The molecule has 2 nitrogen and oxygen atoms in total. The highest BCUT2D eigenvalue weighted by atomic mass is 35.5. The van der Waals surface area contributed by atoms with Crippen LogP contribution in [0.1, 0.15) is 11.1 Å². The summed E-state index contributed by atoms with van der Waals surface area (Å²) in [7, 11) is 2.13. The van der Waals surface area contributed by atoms with Gasteiger partial charge in [-0.3, -0.25) is 4.90 Å². The van der Waals surface area contributed by atoms with Crippen LogP contribution in [0.4, 0.5) is 0 Å². The summed E-state index contributed by atoms with van der Waals surface area (Å²) < 4.78 is 5.63. The molecule has 0 amide bonds. The van der Waals surface area contributed by atoms with Crippen molar-refractivity contribution in [2.24, 2.45) is 0 Å². The Kier molecular flexibility index (Phi) is 6.70. The average molecular weight is 390 g/mol. The molecule has 1 aromatic heterocycles. The van der Waals surface area contributed by atoms with E-state index in [0.717, 1.165) is 18.7 Å². The van der Waals surface area contributed by atoms with E-state index in [2.05, 4.69) is 84.8 Å². The number of furan rings is 1. The van der Waals surface area contributed by atoms with Crippen molar-refractivity contribution in [2.75, 3.05) is 13.6 Å². The van der Waals surface area contributed by atoms with Gasteiger partial charge in [-0.2, -0.15) is 0 Å². The van der Waals surface area contributed by atoms with Gasteiger partial charge in [0.15, 0.2) is 0 Å². The SMILES string of the molecule is CN(C/C=C/c1ccc(-c2ccccc2)cc1)Cc1coc2ccccc12.Cl. The van der Waals surface area contributed by atoms with Crippen molar-refractivity contribution in [1.82, 2.24) is 4.90 Å². The molecule has 0 spiro atoms. The normalized spacial score (nSPS) is 11.2. The van der Waals surface area contributed by atoms with Crippen molar-refractivity contribution in [2.45, 2.75) is 6.54 Å². The first-order valence-corrected chi connectivity index (χ1v) is 9.25. The fourth-order valence-corrected chi connectivity index (χ4v) is 3.30. The zero-order chi connectivity index (χ0) is 18.5. The summed E-state index contributed by atoms with van der Waals surface area (Å²) in [6, 6.07) is 27.3. The van der Waals surface area contributed by atoms with Crippen molar-refractivity contribution < 1.29 is 4.42 Å². The fourth-order valence-electron chi connectivity index (χ4n) is 3.30. The van der Waals surface area contributed by atoms with Gasteiger partial charge >= 0.3 is 0 Å². The number of benzene rings is 3. The molecule has 0 bridgehead atoms. The van der Waals surface area contributed by atoms with Crippen LogP contribution in [0, 0.1) is 0 Å². The molecule has 0 saturated heterocycles. The highest BCUT2D eigenvalue weighted by Crippen LogP contribution is 2.22. The van der Waals surface area contributed by atoms with E-state index < -0.39 is 0 Å². The van der Waals surface area contributed by atoms with E-state index in [4.69, 9.17) is 4.42 Å². The number of halogens is 1. The lowest BCUT2D eigenvalue weighted by molar-refractivity contribution is 0.363. The molecule has 0 aliphatic heterocycles. The number of rotatable bonds is 6. The van der Waals surface area contributed by atoms with Crippen molar-refractivity contribution in [3.63, 3.8) is 0 Å². The van der Waals surface area contributed by atoms with Crippen LogP contribution in [0.15, 0.2) is 95.6 Å². The number of nitrogens with zero attached hydrogens (tertiary/aromatic N) is 1. The van der Waals surface area contributed by atoms with E-state index in [1.165, 1.54) is 27.6 Å². The second kappa shape index (κ2) is 9.41. The maximum atomic E-state index is 5.63. The predicted octanol–water partition coefficient (Wildman–Crippen LogP) is 6.67. The van der Waals surface area contributed by atoms with Gasteiger partial charge in [0, 0.05) is 24.0 Å². The van der Waals surface area contributed by atoms with Gasteiger partial charge in [-0.05, 0) is 29.8 Å². The van der Waals surface area contributed by atoms with Crippen molar-refractivity contribution in [3.05, 3.63) is 102 Å². The maximum absolute atomic E-state index is 5.63. The summed E-state index contributed by atoms with van der Waals surface area (Å²) in [6.07, 6.45) is 6.26. The van der Waals surface area contributed by atoms with Crippen molar-refractivity contribution in [1.29, 1.82) is 0 Å². The first-order chi connectivity index (χ1) is 13.3. The highest BCUT2D eigenvalue weighted by Gasteiger charge is 2.06. The smallest absolute Gasteiger partial charge is 0.134 e. The Hall–Kier alpha value is -2.81. The van der Waals surface area contributed by atoms with Gasteiger partial charge in [0.1, 0.15) is 5.58 Å². The molecular weight excluding hydrogens is 366 g/mol. The van der Waals surface area contributed by atoms with E-state index in [1.54, 1.807) is 0 Å². The Morgan fingerprint density at radius 3 is 2.29 bits per heavy atom. The molecule has 0 saturated carbocycles. The molecule has 3 heteroatoms. The van der Waals surface area contributed by atoms with Crippen LogP contribution in [0.25, 0.3) is 28.2 Å². The van der Waals surface area contributed by atoms with Gasteiger partial charge in [0.2, 0.25) is 0 Å². The Morgan fingerprint density at radius 1 is 0.821 bits per heavy atom. The fraction of sp³-hybridized carbons (Fsp3) is 0.120. The Balaban J connectivity index is 0.00000225. The first-order valence-electron chi connectivity index (χ1n) is 9.25. The monoisotopic (exact) mass is 389 g/mol. The zero-order valence-corrected chi connectivity index (χ0v) is 16.7. The lowest BCUT2D eigenvalue weighted by atomic mass is 10.0. The van der Waals surface area contributed by atoms with Crippen LogP contribution in [0.2, 0.25) is 0 Å². The first kappa shape index (κ1) is 19.9. The number of hydrogen-bond acceptors (Lipinski definition) is 2. The summed E-state index contributed by atoms with van der Waals surface area (Å²) in [4.78, 5) is 2.28. The molecular formula is C25H24ClNO. The minimum absolute atomic E-state index is 0. The minimum Gasteiger partial charge on any atom is -0.464 e. The number of hydrogen-bond donors (Lipinski definition) is 0. The van der Waals surface area contributed by atoms with Gasteiger partial charge < -0.3 is 4.42 Å². The van der Waals surface area contributed by atoms with E-state index in [-0.39, 0.29) is 12.4 Å². The van der Waals surface area contributed by atoms with Crippen molar-refractivity contribution >= 4 is 29.5 Å². The standard InChI is InChI=1S/C25H23NO.ClH/c1-26(18-23-19-27-25-12-6-5-11-24(23)25)17-7-8-20-13-15-22(16-14-20)21-9-3-2-4-10-21;/h2-16,19H,17-18H2,1H3;1H/b8-7+;. The molecule has 0 radical (unpaired) electrons. The van der Waals surface area contributed by atoms with Gasteiger partial charge in [0.25, 0.3) is 0 Å².